The first-order valence-electron chi connectivity index (χ1n) is 10.2. The van der Waals surface area contributed by atoms with E-state index in [1.54, 1.807) is 30.0 Å². The maximum atomic E-state index is 12.7. The van der Waals surface area contributed by atoms with E-state index in [4.69, 9.17) is 4.42 Å². The number of piperidine rings is 1. The second kappa shape index (κ2) is 8.99. The Labute approximate surface area is 188 Å². The maximum absolute atomic E-state index is 12.7. The summed E-state index contributed by atoms with van der Waals surface area (Å²) in [5.41, 5.74) is 1.36. The Morgan fingerprint density at radius 2 is 1.94 bits per heavy atom. The summed E-state index contributed by atoms with van der Waals surface area (Å²) in [5.74, 6) is 0.116. The van der Waals surface area contributed by atoms with E-state index >= 15 is 0 Å². The lowest BCUT2D eigenvalue weighted by Gasteiger charge is -2.27. The quantitative estimate of drug-likeness (QED) is 0.377. The number of nitro groups is 1. The highest BCUT2D eigenvalue weighted by Gasteiger charge is 2.37. The van der Waals surface area contributed by atoms with Gasteiger partial charge in [0.1, 0.15) is 18.1 Å². The molecule has 0 spiro atoms. The number of benzene rings is 1. The Morgan fingerprint density at radius 3 is 2.62 bits per heavy atom. The van der Waals surface area contributed by atoms with Gasteiger partial charge in [0, 0.05) is 36.9 Å². The van der Waals surface area contributed by atoms with Crippen LogP contribution in [0.1, 0.15) is 30.6 Å². The summed E-state index contributed by atoms with van der Waals surface area (Å²) >= 11 is 0.771. The van der Waals surface area contributed by atoms with Crippen molar-refractivity contribution in [2.24, 2.45) is 0 Å². The van der Waals surface area contributed by atoms with Crippen molar-refractivity contribution in [1.29, 1.82) is 0 Å². The molecule has 32 heavy (non-hydrogen) atoms. The number of hydrogen-bond acceptors (Lipinski definition) is 7. The fraction of sp³-hybridized carbons (Fsp3) is 0.318. The lowest BCUT2D eigenvalue weighted by molar-refractivity contribution is -0.384. The van der Waals surface area contributed by atoms with Crippen LogP contribution in [0.25, 0.3) is 17.4 Å². The zero-order valence-electron chi connectivity index (χ0n) is 17.4. The molecule has 2 aromatic rings. The fourth-order valence-corrected chi connectivity index (χ4v) is 4.58. The molecule has 10 heteroatoms. The van der Waals surface area contributed by atoms with Crippen molar-refractivity contribution in [3.05, 3.63) is 56.7 Å². The van der Waals surface area contributed by atoms with Crippen LogP contribution < -0.4 is 0 Å². The summed E-state index contributed by atoms with van der Waals surface area (Å²) in [6.07, 6.45) is 4.42. The van der Waals surface area contributed by atoms with E-state index in [-0.39, 0.29) is 23.0 Å². The van der Waals surface area contributed by atoms with E-state index in [9.17, 15) is 24.5 Å². The van der Waals surface area contributed by atoms with Gasteiger partial charge in [-0.05, 0) is 61.7 Å². The standard InChI is InChI=1S/C22H21N3O6S/c1-14-11-15(25(29)30)5-7-17(14)18-8-6-16(31-18)12-19-21(27)24(22(28)32-19)13-20(26)23-9-3-2-4-10-23/h5-8,11-12H,2-4,9-10,13H2,1H3/b19-12+. The molecule has 3 heterocycles. The molecule has 0 saturated carbocycles. The van der Waals surface area contributed by atoms with Gasteiger partial charge in [0.15, 0.2) is 0 Å². The molecule has 2 aliphatic heterocycles. The molecule has 0 bridgehead atoms. The molecule has 166 valence electrons. The SMILES string of the molecule is Cc1cc([N+](=O)[O-])ccc1-c1ccc(/C=C2/SC(=O)N(CC(=O)N3CCCCC3)C2=O)o1. The molecule has 2 fully saturated rings. The number of carbonyl (C=O) groups is 3. The smallest absolute Gasteiger partial charge is 0.294 e. The zero-order chi connectivity index (χ0) is 22.8. The van der Waals surface area contributed by atoms with Gasteiger partial charge in [0.05, 0.1) is 9.83 Å². The van der Waals surface area contributed by atoms with Crippen molar-refractivity contribution < 1.29 is 23.7 Å². The molecule has 9 nitrogen and oxygen atoms in total. The normalized spacial score (nSPS) is 18.0. The third kappa shape index (κ3) is 4.45. The minimum atomic E-state index is -0.519. The third-order valence-electron chi connectivity index (χ3n) is 5.46. The number of imide groups is 1. The first-order valence-corrected chi connectivity index (χ1v) is 11.0. The fourth-order valence-electron chi connectivity index (χ4n) is 3.76. The number of nitro benzene ring substituents is 1. The van der Waals surface area contributed by atoms with Crippen LogP contribution >= 0.6 is 11.8 Å². The molecule has 1 aromatic heterocycles. The third-order valence-corrected chi connectivity index (χ3v) is 6.37. The second-order valence-corrected chi connectivity index (χ2v) is 8.66. The van der Waals surface area contributed by atoms with E-state index < -0.39 is 16.1 Å². The number of aryl methyl sites for hydroxylation is 1. The molecule has 0 aliphatic carbocycles. The highest BCUT2D eigenvalue weighted by Crippen LogP contribution is 2.34. The summed E-state index contributed by atoms with van der Waals surface area (Å²) in [7, 11) is 0. The number of thioether (sulfide) groups is 1. The Hall–Kier alpha value is -3.40. The van der Waals surface area contributed by atoms with Gasteiger partial charge >= 0.3 is 0 Å². The van der Waals surface area contributed by atoms with Crippen LogP contribution in [0.4, 0.5) is 10.5 Å². The summed E-state index contributed by atoms with van der Waals surface area (Å²) < 4.78 is 5.79. The topological polar surface area (TPSA) is 114 Å². The van der Waals surface area contributed by atoms with Crippen LogP contribution in [0, 0.1) is 17.0 Å². The number of rotatable bonds is 5. The van der Waals surface area contributed by atoms with Crippen LogP contribution in [-0.4, -0.2) is 51.4 Å². The van der Waals surface area contributed by atoms with Gasteiger partial charge in [-0.15, -0.1) is 0 Å². The number of hydrogen-bond donors (Lipinski definition) is 0. The molecule has 0 N–H and O–H groups in total. The van der Waals surface area contributed by atoms with Crippen LogP contribution in [0.15, 0.2) is 39.7 Å². The van der Waals surface area contributed by atoms with Gasteiger partial charge in [-0.25, -0.2) is 0 Å². The maximum Gasteiger partial charge on any atom is 0.294 e. The molecule has 2 aliphatic rings. The lowest BCUT2D eigenvalue weighted by atomic mass is 10.1. The Bertz CT molecular complexity index is 1130. The van der Waals surface area contributed by atoms with Gasteiger partial charge in [-0.3, -0.25) is 29.4 Å². The second-order valence-electron chi connectivity index (χ2n) is 7.67. The molecule has 1 aromatic carbocycles. The Kier molecular flexibility index (Phi) is 6.13. The van der Waals surface area contributed by atoms with Crippen molar-refractivity contribution in [3.8, 4) is 11.3 Å². The van der Waals surface area contributed by atoms with Crippen molar-refractivity contribution >= 4 is 40.6 Å². The Morgan fingerprint density at radius 1 is 1.19 bits per heavy atom. The van der Waals surface area contributed by atoms with Gasteiger partial charge in [0.2, 0.25) is 5.91 Å². The molecule has 2 saturated heterocycles. The Balaban J connectivity index is 1.48. The van der Waals surface area contributed by atoms with E-state index in [1.165, 1.54) is 18.2 Å². The summed E-state index contributed by atoms with van der Waals surface area (Å²) in [4.78, 5) is 50.8. The number of carbonyl (C=O) groups excluding carboxylic acids is 3. The minimum absolute atomic E-state index is 0.00851. The van der Waals surface area contributed by atoms with Crippen molar-refractivity contribution in [2.75, 3.05) is 19.6 Å². The highest BCUT2D eigenvalue weighted by atomic mass is 32.2. The first kappa shape index (κ1) is 21.8. The van der Waals surface area contributed by atoms with Crippen LogP contribution in [0.3, 0.4) is 0 Å². The highest BCUT2D eigenvalue weighted by molar-refractivity contribution is 8.18. The summed E-state index contributed by atoms with van der Waals surface area (Å²) in [6, 6.07) is 7.82. The van der Waals surface area contributed by atoms with E-state index in [2.05, 4.69) is 0 Å². The monoisotopic (exact) mass is 455 g/mol. The van der Waals surface area contributed by atoms with Gasteiger partial charge in [-0.1, -0.05) is 0 Å². The number of amides is 3. The van der Waals surface area contributed by atoms with Crippen molar-refractivity contribution in [2.45, 2.75) is 26.2 Å². The van der Waals surface area contributed by atoms with Gasteiger partial charge < -0.3 is 9.32 Å². The molecule has 3 amide bonds. The predicted octanol–water partition coefficient (Wildman–Crippen LogP) is 4.21. The van der Waals surface area contributed by atoms with Crippen molar-refractivity contribution in [1.82, 2.24) is 9.80 Å². The molecule has 4 rings (SSSR count). The predicted molar refractivity (Wildman–Crippen MR) is 119 cm³/mol. The average molecular weight is 455 g/mol. The van der Waals surface area contributed by atoms with Crippen LogP contribution in [-0.2, 0) is 9.59 Å². The van der Waals surface area contributed by atoms with Crippen LogP contribution in [0.2, 0.25) is 0 Å². The van der Waals surface area contributed by atoms with Gasteiger partial charge in [0.25, 0.3) is 16.8 Å². The first-order chi connectivity index (χ1) is 15.3. The van der Waals surface area contributed by atoms with Crippen molar-refractivity contribution in [3.63, 3.8) is 0 Å². The minimum Gasteiger partial charge on any atom is -0.457 e. The molecular weight excluding hydrogens is 434 g/mol. The molecule has 0 radical (unpaired) electrons. The average Bonchev–Trinajstić information content (AvgIpc) is 3.34. The lowest BCUT2D eigenvalue weighted by Crippen LogP contribution is -2.44. The zero-order valence-corrected chi connectivity index (χ0v) is 18.2. The molecular formula is C22H21N3O6S. The van der Waals surface area contributed by atoms with E-state index in [0.29, 0.717) is 35.7 Å². The number of likely N-dealkylation sites (tertiary alicyclic amines) is 1. The van der Waals surface area contributed by atoms with E-state index in [0.717, 1.165) is 35.9 Å². The summed E-state index contributed by atoms with van der Waals surface area (Å²) in [6.45, 7) is 2.80. The van der Waals surface area contributed by atoms with E-state index in [1.807, 2.05) is 0 Å². The molecule has 0 atom stereocenters. The summed E-state index contributed by atoms with van der Waals surface area (Å²) in [5, 5.41) is 10.4. The molecule has 0 unspecified atom stereocenters. The number of nitrogens with zero attached hydrogens (tertiary/aromatic N) is 3. The number of non-ortho nitro benzene ring substituents is 1. The largest absolute Gasteiger partial charge is 0.457 e. The van der Waals surface area contributed by atoms with Gasteiger partial charge in [-0.2, -0.15) is 0 Å². The number of furan rings is 1. The van der Waals surface area contributed by atoms with Crippen LogP contribution in [0.5, 0.6) is 0 Å².